The lowest BCUT2D eigenvalue weighted by atomic mass is 9.95. The van der Waals surface area contributed by atoms with Gasteiger partial charge in [-0.3, -0.25) is 9.59 Å². The number of rotatable bonds is 25. The Kier molecular flexibility index (Phi) is 25.3. The predicted molar refractivity (Wildman–Crippen MR) is 304 cm³/mol. The third-order valence-electron chi connectivity index (χ3n) is 15.5. The summed E-state index contributed by atoms with van der Waals surface area (Å²) in [5.41, 5.74) is 0.365. The molecule has 14 N–H and O–H groups in total. The molecule has 5 fully saturated rings. The molecule has 5 aliphatic heterocycles. The molecule has 5 heterocycles. The van der Waals surface area contributed by atoms with E-state index in [1.54, 1.807) is 0 Å². The van der Waals surface area contributed by atoms with Crippen LogP contribution >= 0.6 is 0 Å². The van der Waals surface area contributed by atoms with Crippen molar-refractivity contribution in [2.45, 2.75) is 161 Å². The van der Waals surface area contributed by atoms with Gasteiger partial charge in [0.2, 0.25) is 5.79 Å². The first-order valence-corrected chi connectivity index (χ1v) is 29.1. The Morgan fingerprint density at radius 2 is 1.03 bits per heavy atom. The first-order valence-electron chi connectivity index (χ1n) is 29.1. The van der Waals surface area contributed by atoms with E-state index in [1.165, 1.54) is 86.0 Å². The Labute approximate surface area is 533 Å². The van der Waals surface area contributed by atoms with Gasteiger partial charge in [0.05, 0.1) is 32.5 Å². The lowest BCUT2D eigenvalue weighted by Gasteiger charge is -2.51. The van der Waals surface area contributed by atoms with Gasteiger partial charge in [-0.1, -0.05) is 36.4 Å². The number of phenols is 2. The number of benzene rings is 3. The molecule has 3 aromatic rings. The number of esters is 5. The van der Waals surface area contributed by atoms with Crippen molar-refractivity contribution in [1.29, 1.82) is 0 Å². The summed E-state index contributed by atoms with van der Waals surface area (Å²) in [5, 5.41) is 154. The molecular formula is C60H74O34. The largest absolute Gasteiger partial charge is 0.508 e. The molecule has 8 rings (SSSR count). The average Bonchev–Trinajstić information content (AvgIpc) is 1.39. The highest BCUT2D eigenvalue weighted by atomic mass is 16.8. The molecule has 94 heavy (non-hydrogen) atoms. The van der Waals surface area contributed by atoms with E-state index in [9.17, 15) is 95.5 Å². The molecule has 5 saturated heterocycles. The molecule has 0 spiro atoms. The summed E-state index contributed by atoms with van der Waals surface area (Å²) in [7, 11) is 1.24. The lowest BCUT2D eigenvalue weighted by Crippen LogP contribution is -2.69. The smallest absolute Gasteiger partial charge is 0.338 e. The van der Waals surface area contributed by atoms with Gasteiger partial charge in [0.1, 0.15) is 129 Å². The van der Waals surface area contributed by atoms with Crippen LogP contribution in [0.2, 0.25) is 0 Å². The van der Waals surface area contributed by atoms with Gasteiger partial charge in [-0.05, 0) is 59.7 Å². The van der Waals surface area contributed by atoms with Crippen LogP contribution < -0.4 is 4.74 Å². The van der Waals surface area contributed by atoms with Crippen LogP contribution in [0.15, 0.2) is 84.9 Å². The number of ether oxygens (including phenoxy) is 15. The number of methoxy groups -OCH3 is 1. The van der Waals surface area contributed by atoms with Crippen LogP contribution in [0.5, 0.6) is 17.2 Å². The molecule has 0 bridgehead atoms. The van der Waals surface area contributed by atoms with Crippen LogP contribution in [0.4, 0.5) is 0 Å². The summed E-state index contributed by atoms with van der Waals surface area (Å²) in [6.07, 6.45) is -45.9. The van der Waals surface area contributed by atoms with Crippen LogP contribution in [0.25, 0.3) is 12.2 Å². The first kappa shape index (κ1) is 72.9. The number of hydrogen-bond acceptors (Lipinski definition) is 34. The van der Waals surface area contributed by atoms with Gasteiger partial charge in [0.25, 0.3) is 0 Å². The maximum atomic E-state index is 14.5. The molecular weight excluding hydrogens is 1260 g/mol. The SMILES string of the molecule is COc1cc(/C=C/C(=O)OC2C(COC(C)=O)OC(OC3OC(CO)C(O)C(O)C3O)C(OC3(COC(=O)/C=C\c4ccc(O)cc4)OC(CO)C(O)C3OC(=O)c3ccccc3)C2OC2OC(COC(C)=O)C(O)C(OC3OC(CO)C(O)C(O)C3O)C2O)ccc1O. The molecule has 24 atom stereocenters. The Bertz CT molecular complexity index is 3060. The van der Waals surface area contributed by atoms with Gasteiger partial charge in [-0.2, -0.15) is 0 Å². The molecule has 24 unspecified atom stereocenters. The van der Waals surface area contributed by atoms with Crippen molar-refractivity contribution >= 4 is 42.0 Å². The van der Waals surface area contributed by atoms with Gasteiger partial charge in [-0.25, -0.2) is 14.4 Å². The van der Waals surface area contributed by atoms with Crippen molar-refractivity contribution in [1.82, 2.24) is 0 Å². The van der Waals surface area contributed by atoms with Gasteiger partial charge in [-0.15, -0.1) is 0 Å². The summed E-state index contributed by atoms with van der Waals surface area (Å²) in [4.78, 5) is 67.8. The summed E-state index contributed by atoms with van der Waals surface area (Å²) in [6, 6.07) is 16.3. The highest BCUT2D eigenvalue weighted by Gasteiger charge is 2.65. The molecule has 0 aromatic heterocycles. The van der Waals surface area contributed by atoms with Crippen molar-refractivity contribution in [3.05, 3.63) is 102 Å². The third-order valence-corrected chi connectivity index (χ3v) is 15.5. The van der Waals surface area contributed by atoms with Crippen LogP contribution in [-0.4, -0.2) is 295 Å². The summed E-state index contributed by atoms with van der Waals surface area (Å²) in [6.45, 7) is -4.55. The molecule has 5 aliphatic rings. The number of aromatic hydroxyl groups is 2. The van der Waals surface area contributed by atoms with E-state index in [4.69, 9.17) is 71.1 Å². The van der Waals surface area contributed by atoms with Crippen molar-refractivity contribution in [2.24, 2.45) is 0 Å². The van der Waals surface area contributed by atoms with Gasteiger partial charge in [0.15, 0.2) is 48.9 Å². The number of carbonyl (C=O) groups is 5. The molecule has 3 aromatic carbocycles. The Morgan fingerprint density at radius 3 is 1.63 bits per heavy atom. The van der Waals surface area contributed by atoms with Gasteiger partial charge in [0, 0.05) is 26.0 Å². The van der Waals surface area contributed by atoms with Crippen molar-refractivity contribution < 1.29 is 167 Å². The number of hydrogen-bond donors (Lipinski definition) is 14. The minimum absolute atomic E-state index is 0.0445. The zero-order valence-corrected chi connectivity index (χ0v) is 50.2. The second kappa shape index (κ2) is 32.7. The molecule has 34 heteroatoms. The highest BCUT2D eigenvalue weighted by Crippen LogP contribution is 2.43. The molecule has 0 aliphatic carbocycles. The van der Waals surface area contributed by atoms with E-state index in [0.717, 1.165) is 32.1 Å². The maximum absolute atomic E-state index is 14.5. The zero-order valence-electron chi connectivity index (χ0n) is 50.2. The molecule has 34 nitrogen and oxygen atoms in total. The van der Waals surface area contributed by atoms with E-state index >= 15 is 0 Å². The van der Waals surface area contributed by atoms with Crippen LogP contribution in [0.3, 0.4) is 0 Å². The Hall–Kier alpha value is -6.95. The minimum Gasteiger partial charge on any atom is -0.508 e. The fourth-order valence-corrected chi connectivity index (χ4v) is 10.5. The Morgan fingerprint density at radius 1 is 0.500 bits per heavy atom. The molecule has 0 radical (unpaired) electrons. The number of aliphatic hydroxyl groups is 12. The second-order valence-corrected chi connectivity index (χ2v) is 22.0. The van der Waals surface area contributed by atoms with E-state index in [-0.39, 0.29) is 28.4 Å². The van der Waals surface area contributed by atoms with Gasteiger partial charge >= 0.3 is 29.8 Å². The number of carbonyl (C=O) groups excluding carboxylic acids is 5. The van der Waals surface area contributed by atoms with Crippen molar-refractivity contribution in [2.75, 3.05) is 46.8 Å². The predicted octanol–water partition coefficient (Wildman–Crippen LogP) is -4.97. The quantitative estimate of drug-likeness (QED) is 0.0215. The van der Waals surface area contributed by atoms with Crippen molar-refractivity contribution in [3.8, 4) is 17.2 Å². The second-order valence-electron chi connectivity index (χ2n) is 22.0. The van der Waals surface area contributed by atoms with Crippen molar-refractivity contribution in [3.63, 3.8) is 0 Å². The monoisotopic (exact) mass is 1340 g/mol. The molecule has 0 amide bonds. The average molecular weight is 1340 g/mol. The van der Waals surface area contributed by atoms with E-state index in [2.05, 4.69) is 0 Å². The van der Waals surface area contributed by atoms with E-state index in [0.29, 0.717) is 5.56 Å². The van der Waals surface area contributed by atoms with Crippen LogP contribution in [0, 0.1) is 0 Å². The van der Waals surface area contributed by atoms with E-state index in [1.807, 2.05) is 0 Å². The maximum Gasteiger partial charge on any atom is 0.338 e. The summed E-state index contributed by atoms with van der Waals surface area (Å²) >= 11 is 0. The summed E-state index contributed by atoms with van der Waals surface area (Å²) < 4.78 is 89.2. The standard InChI is InChI=1S/C60H74O34/c1-26(64)81-23-37-43(72)51(89-56-47(76)45(74)41(70)34(20-61)84-56)49(78)58(86-37)90-52-50(88-40(69)18-13-29-11-16-32(67)33(19-29)80-3)38(24-82-27(2)65)87-59(92-57-48(77)46(75)42(71)35(21-62)85-57)53(52)94-60(25-83-39(68)17-12-28-9-14-31(66)15-10-28)54(44(73)36(22-63)93-60)91-55(79)30-7-5-4-6-8-30/h4-19,34-38,41-54,56-59,61-63,66-67,70-78H,20-25H2,1-3H3/b17-12-,18-13+. The number of aliphatic hydroxyl groups excluding tert-OH is 12. The fraction of sp³-hybridized carbons (Fsp3) is 0.550. The Balaban J connectivity index is 1.33. The normalized spacial score (nSPS) is 36.0. The molecule has 0 saturated carbocycles. The fourth-order valence-electron chi connectivity index (χ4n) is 10.5. The summed E-state index contributed by atoms with van der Waals surface area (Å²) in [5.74, 6) is -9.36. The molecule has 518 valence electrons. The topological polar surface area (TPSA) is 507 Å². The lowest BCUT2D eigenvalue weighted by molar-refractivity contribution is -0.422. The number of phenolic OH excluding ortho intramolecular Hbond substituents is 2. The van der Waals surface area contributed by atoms with Gasteiger partial charge < -0.3 is 143 Å². The zero-order chi connectivity index (χ0) is 68.3. The highest BCUT2D eigenvalue weighted by molar-refractivity contribution is 5.90. The van der Waals surface area contributed by atoms with Crippen LogP contribution in [-0.2, 0) is 85.5 Å². The van der Waals surface area contributed by atoms with E-state index < -0.39 is 216 Å². The minimum atomic E-state index is -3.09. The third kappa shape index (κ3) is 17.4. The first-order chi connectivity index (χ1) is 44.8. The van der Waals surface area contributed by atoms with Crippen LogP contribution in [0.1, 0.15) is 35.3 Å².